The summed E-state index contributed by atoms with van der Waals surface area (Å²) in [6, 6.07) is 8.26. The minimum absolute atomic E-state index is 0.114. The smallest absolute Gasteiger partial charge is 0.408 e. The number of hydrogen-bond donors (Lipinski definition) is 2. The summed E-state index contributed by atoms with van der Waals surface area (Å²) in [5.41, 5.74) is 0.847. The Bertz CT molecular complexity index is 435. The van der Waals surface area contributed by atoms with Crippen LogP contribution in [0.3, 0.4) is 0 Å². The fourth-order valence-electron chi connectivity index (χ4n) is 1.76. The second-order valence-corrected chi connectivity index (χ2v) is 4.59. The highest BCUT2D eigenvalue weighted by molar-refractivity contribution is 5.79. The monoisotopic (exact) mass is 295 g/mol. The third kappa shape index (κ3) is 7.31. The van der Waals surface area contributed by atoms with E-state index in [9.17, 15) is 9.59 Å². The van der Waals surface area contributed by atoms with Crippen LogP contribution in [0.2, 0.25) is 0 Å². The van der Waals surface area contributed by atoms with E-state index in [1.54, 1.807) is 7.11 Å². The van der Waals surface area contributed by atoms with Gasteiger partial charge in [0.2, 0.25) is 0 Å². The van der Waals surface area contributed by atoms with Gasteiger partial charge in [-0.3, -0.25) is 0 Å². The van der Waals surface area contributed by atoms with Crippen molar-refractivity contribution >= 4 is 12.1 Å². The number of carboxylic acids is 1. The van der Waals surface area contributed by atoms with Gasteiger partial charge in [0.15, 0.2) is 0 Å². The summed E-state index contributed by atoms with van der Waals surface area (Å²) < 4.78 is 9.89. The van der Waals surface area contributed by atoms with E-state index in [0.717, 1.165) is 12.0 Å². The molecule has 6 heteroatoms. The molecule has 1 amide bonds. The van der Waals surface area contributed by atoms with E-state index in [2.05, 4.69) is 5.32 Å². The molecule has 1 atom stereocenters. The Hall–Kier alpha value is -2.08. The summed E-state index contributed by atoms with van der Waals surface area (Å²) in [5.74, 6) is -1.07. The number of amides is 1. The molecule has 0 bridgehead atoms. The minimum atomic E-state index is -1.07. The normalized spacial score (nSPS) is 11.7. The van der Waals surface area contributed by atoms with Crippen LogP contribution in [0.25, 0.3) is 0 Å². The van der Waals surface area contributed by atoms with E-state index in [1.807, 2.05) is 30.3 Å². The number of carboxylic acid groups (broad SMARTS) is 1. The standard InChI is InChI=1S/C15H21NO5/c1-20-10-6-5-9-13(14(17)18)16-15(19)21-11-12-7-3-2-4-8-12/h2-4,7-8,13H,5-6,9-11H2,1H3,(H,16,19)(H,17,18). The van der Waals surface area contributed by atoms with Crippen LogP contribution in [0.4, 0.5) is 4.79 Å². The van der Waals surface area contributed by atoms with E-state index in [4.69, 9.17) is 14.6 Å². The molecule has 0 saturated carbocycles. The van der Waals surface area contributed by atoms with Gasteiger partial charge in [-0.25, -0.2) is 9.59 Å². The van der Waals surface area contributed by atoms with Crippen molar-refractivity contribution < 1.29 is 24.2 Å². The topological polar surface area (TPSA) is 84.9 Å². The molecule has 116 valence electrons. The lowest BCUT2D eigenvalue weighted by molar-refractivity contribution is -0.139. The van der Waals surface area contributed by atoms with Crippen molar-refractivity contribution in [1.29, 1.82) is 0 Å². The first-order chi connectivity index (χ1) is 10.1. The molecular weight excluding hydrogens is 274 g/mol. The molecule has 6 nitrogen and oxygen atoms in total. The third-order valence-corrected chi connectivity index (χ3v) is 2.89. The number of nitrogens with one attached hydrogen (secondary N) is 1. The van der Waals surface area contributed by atoms with Crippen molar-refractivity contribution in [3.8, 4) is 0 Å². The highest BCUT2D eigenvalue weighted by Crippen LogP contribution is 2.04. The van der Waals surface area contributed by atoms with Crippen LogP contribution in [0.15, 0.2) is 30.3 Å². The minimum Gasteiger partial charge on any atom is -0.480 e. The Morgan fingerprint density at radius 3 is 2.57 bits per heavy atom. The van der Waals surface area contributed by atoms with Gasteiger partial charge in [-0.1, -0.05) is 30.3 Å². The van der Waals surface area contributed by atoms with Crippen LogP contribution >= 0.6 is 0 Å². The van der Waals surface area contributed by atoms with Gasteiger partial charge in [0.25, 0.3) is 0 Å². The molecule has 0 radical (unpaired) electrons. The zero-order valence-corrected chi connectivity index (χ0v) is 12.1. The van der Waals surface area contributed by atoms with Crippen molar-refractivity contribution in [2.75, 3.05) is 13.7 Å². The van der Waals surface area contributed by atoms with Crippen LogP contribution in [-0.4, -0.2) is 36.9 Å². The molecule has 1 unspecified atom stereocenters. The molecule has 0 aliphatic rings. The molecule has 0 aliphatic heterocycles. The number of rotatable bonds is 9. The van der Waals surface area contributed by atoms with Gasteiger partial charge in [0.1, 0.15) is 12.6 Å². The summed E-state index contributed by atoms with van der Waals surface area (Å²) in [7, 11) is 1.59. The fourth-order valence-corrected chi connectivity index (χ4v) is 1.76. The van der Waals surface area contributed by atoms with Gasteiger partial charge in [-0.05, 0) is 24.8 Å². The molecule has 0 spiro atoms. The summed E-state index contributed by atoms with van der Waals surface area (Å²) in [5, 5.41) is 11.4. The Kier molecular flexibility index (Phi) is 7.89. The number of unbranched alkanes of at least 4 members (excludes halogenated alkanes) is 1. The summed E-state index contributed by atoms with van der Waals surface area (Å²) >= 11 is 0. The Morgan fingerprint density at radius 2 is 1.95 bits per heavy atom. The average molecular weight is 295 g/mol. The number of ether oxygens (including phenoxy) is 2. The van der Waals surface area contributed by atoms with Crippen molar-refractivity contribution in [1.82, 2.24) is 5.32 Å². The number of aliphatic carboxylic acids is 1. The number of carbonyl (C=O) groups excluding carboxylic acids is 1. The lowest BCUT2D eigenvalue weighted by Crippen LogP contribution is -2.41. The highest BCUT2D eigenvalue weighted by atomic mass is 16.5. The number of carbonyl (C=O) groups is 2. The number of hydrogen-bond acceptors (Lipinski definition) is 4. The maximum atomic E-state index is 11.6. The maximum absolute atomic E-state index is 11.6. The Morgan fingerprint density at radius 1 is 1.24 bits per heavy atom. The van der Waals surface area contributed by atoms with Gasteiger partial charge in [-0.15, -0.1) is 0 Å². The van der Waals surface area contributed by atoms with E-state index in [1.165, 1.54) is 0 Å². The Balaban J connectivity index is 2.33. The van der Waals surface area contributed by atoms with Gasteiger partial charge < -0.3 is 19.9 Å². The van der Waals surface area contributed by atoms with Gasteiger partial charge in [0.05, 0.1) is 0 Å². The molecule has 21 heavy (non-hydrogen) atoms. The first kappa shape index (κ1) is 17.0. The number of methoxy groups -OCH3 is 1. The van der Waals surface area contributed by atoms with Crippen molar-refractivity contribution in [2.45, 2.75) is 31.9 Å². The molecule has 1 rings (SSSR count). The number of alkyl carbamates (subject to hydrolysis) is 1. The van der Waals surface area contributed by atoms with Crippen molar-refractivity contribution in [3.05, 3.63) is 35.9 Å². The second kappa shape index (κ2) is 9.77. The lowest BCUT2D eigenvalue weighted by atomic mass is 10.1. The van der Waals surface area contributed by atoms with Crippen LogP contribution in [0, 0.1) is 0 Å². The SMILES string of the molecule is COCCCCC(NC(=O)OCc1ccccc1)C(=O)O. The summed E-state index contributed by atoms with van der Waals surface area (Å²) in [6.45, 7) is 0.688. The first-order valence-electron chi connectivity index (χ1n) is 6.82. The molecule has 0 heterocycles. The molecule has 0 fully saturated rings. The van der Waals surface area contributed by atoms with Crippen LogP contribution < -0.4 is 5.32 Å². The molecule has 1 aromatic rings. The molecule has 1 aromatic carbocycles. The zero-order chi connectivity index (χ0) is 15.5. The quantitative estimate of drug-likeness (QED) is 0.682. The van der Waals surface area contributed by atoms with Crippen LogP contribution in [0.1, 0.15) is 24.8 Å². The zero-order valence-electron chi connectivity index (χ0n) is 12.1. The summed E-state index contributed by atoms with van der Waals surface area (Å²) in [6.07, 6.45) is 1.03. The molecule has 0 aliphatic carbocycles. The predicted molar refractivity (Wildman–Crippen MR) is 76.9 cm³/mol. The van der Waals surface area contributed by atoms with Crippen LogP contribution in [-0.2, 0) is 20.9 Å². The molecule has 2 N–H and O–H groups in total. The first-order valence-corrected chi connectivity index (χ1v) is 6.82. The van der Waals surface area contributed by atoms with Crippen molar-refractivity contribution in [3.63, 3.8) is 0 Å². The fraction of sp³-hybridized carbons (Fsp3) is 0.467. The largest absolute Gasteiger partial charge is 0.480 e. The summed E-state index contributed by atoms with van der Waals surface area (Å²) in [4.78, 5) is 22.7. The van der Waals surface area contributed by atoms with Gasteiger partial charge in [-0.2, -0.15) is 0 Å². The predicted octanol–water partition coefficient (Wildman–Crippen LogP) is 2.18. The second-order valence-electron chi connectivity index (χ2n) is 4.59. The van der Waals surface area contributed by atoms with E-state index < -0.39 is 18.1 Å². The van der Waals surface area contributed by atoms with E-state index >= 15 is 0 Å². The van der Waals surface area contributed by atoms with Crippen molar-refractivity contribution in [2.24, 2.45) is 0 Å². The average Bonchev–Trinajstić information content (AvgIpc) is 2.49. The van der Waals surface area contributed by atoms with Gasteiger partial charge in [0, 0.05) is 13.7 Å². The molecule has 0 saturated heterocycles. The molecule has 0 aromatic heterocycles. The highest BCUT2D eigenvalue weighted by Gasteiger charge is 2.20. The lowest BCUT2D eigenvalue weighted by Gasteiger charge is -2.14. The number of benzene rings is 1. The third-order valence-electron chi connectivity index (χ3n) is 2.89. The van der Waals surface area contributed by atoms with E-state index in [0.29, 0.717) is 19.4 Å². The Labute approximate surface area is 124 Å². The molecular formula is C15H21NO5. The maximum Gasteiger partial charge on any atom is 0.408 e. The van der Waals surface area contributed by atoms with Crippen LogP contribution in [0.5, 0.6) is 0 Å². The van der Waals surface area contributed by atoms with E-state index in [-0.39, 0.29) is 6.61 Å². The van der Waals surface area contributed by atoms with Gasteiger partial charge >= 0.3 is 12.1 Å².